The van der Waals surface area contributed by atoms with Crippen molar-refractivity contribution in [3.63, 3.8) is 0 Å². The van der Waals surface area contributed by atoms with Gasteiger partial charge in [0.2, 0.25) is 0 Å². The van der Waals surface area contributed by atoms with Crippen LogP contribution in [0.1, 0.15) is 9.67 Å². The zero-order valence-corrected chi connectivity index (χ0v) is 17.9. The van der Waals surface area contributed by atoms with Crippen LogP contribution < -0.4 is 9.47 Å². The first-order chi connectivity index (χ1) is 13.5. The maximum Gasteiger partial charge on any atom is 0.343 e. The van der Waals surface area contributed by atoms with Crippen LogP contribution in [-0.2, 0) is 14.3 Å². The lowest BCUT2D eigenvalue weighted by Crippen LogP contribution is -2.40. The fourth-order valence-electron chi connectivity index (χ4n) is 2.72. The molecule has 2 aromatic rings. The first-order valence-corrected chi connectivity index (χ1v) is 10.2. The Labute approximate surface area is 175 Å². The normalized spacial score (nSPS) is 13.9. The van der Waals surface area contributed by atoms with Gasteiger partial charge in [-0.2, -0.15) is 0 Å². The lowest BCUT2D eigenvalue weighted by Gasteiger charge is -2.26. The number of nitrogens with zero attached hydrogens (tertiary/aromatic N) is 1. The minimum Gasteiger partial charge on any atom is -0.497 e. The summed E-state index contributed by atoms with van der Waals surface area (Å²) >= 11 is 4.85. The average molecular weight is 470 g/mol. The van der Waals surface area contributed by atoms with E-state index in [0.29, 0.717) is 47.2 Å². The van der Waals surface area contributed by atoms with Crippen LogP contribution in [0.25, 0.3) is 10.4 Å². The third-order valence-electron chi connectivity index (χ3n) is 4.20. The van der Waals surface area contributed by atoms with E-state index in [1.54, 1.807) is 12.0 Å². The number of halogens is 1. The van der Waals surface area contributed by atoms with Gasteiger partial charge in [-0.3, -0.25) is 4.79 Å². The van der Waals surface area contributed by atoms with Crippen molar-refractivity contribution in [3.8, 4) is 21.9 Å². The van der Waals surface area contributed by atoms with Gasteiger partial charge in [-0.1, -0.05) is 12.1 Å². The second-order valence-electron chi connectivity index (χ2n) is 5.90. The van der Waals surface area contributed by atoms with E-state index in [0.717, 1.165) is 10.4 Å². The number of hydrogen-bond acceptors (Lipinski definition) is 7. The number of carbonyl (C=O) groups excluding carboxylic acids is 2. The molecule has 0 radical (unpaired) electrons. The van der Waals surface area contributed by atoms with E-state index >= 15 is 0 Å². The Balaban J connectivity index is 2.00. The monoisotopic (exact) mass is 469 g/mol. The summed E-state index contributed by atoms with van der Waals surface area (Å²) in [7, 11) is 2.89. The molecule has 0 unspecified atom stereocenters. The summed E-state index contributed by atoms with van der Waals surface area (Å²) < 4.78 is 21.6. The van der Waals surface area contributed by atoms with E-state index in [-0.39, 0.29) is 12.5 Å². The molecule has 0 aliphatic carbocycles. The number of amides is 1. The summed E-state index contributed by atoms with van der Waals surface area (Å²) in [5.74, 6) is 0.370. The molecule has 0 bridgehead atoms. The predicted octanol–water partition coefficient (Wildman–Crippen LogP) is 3.21. The van der Waals surface area contributed by atoms with Crippen molar-refractivity contribution >= 4 is 39.1 Å². The van der Waals surface area contributed by atoms with Crippen molar-refractivity contribution in [2.75, 3.05) is 47.1 Å². The van der Waals surface area contributed by atoms with Crippen molar-refractivity contribution in [1.29, 1.82) is 0 Å². The predicted molar refractivity (Wildman–Crippen MR) is 108 cm³/mol. The number of hydrogen-bond donors (Lipinski definition) is 0. The largest absolute Gasteiger partial charge is 0.497 e. The van der Waals surface area contributed by atoms with Gasteiger partial charge >= 0.3 is 5.97 Å². The van der Waals surface area contributed by atoms with Gasteiger partial charge in [-0.05, 0) is 33.6 Å². The van der Waals surface area contributed by atoms with Crippen molar-refractivity contribution in [2.24, 2.45) is 0 Å². The van der Waals surface area contributed by atoms with Crippen molar-refractivity contribution in [3.05, 3.63) is 33.6 Å². The van der Waals surface area contributed by atoms with Gasteiger partial charge in [0.25, 0.3) is 5.91 Å². The molecule has 0 N–H and O–H groups in total. The van der Waals surface area contributed by atoms with Crippen LogP contribution in [0.15, 0.2) is 28.7 Å². The van der Waals surface area contributed by atoms with Gasteiger partial charge in [0.1, 0.15) is 10.6 Å². The SMILES string of the molecule is COC(=O)COc1c(C(=O)N2CCOCC2)sc(-c2cccc(OC)c2)c1Br. The highest BCUT2D eigenvalue weighted by Crippen LogP contribution is 2.46. The first-order valence-electron chi connectivity index (χ1n) is 8.58. The maximum atomic E-state index is 13.1. The number of benzene rings is 1. The number of thiophene rings is 1. The number of carbonyl (C=O) groups is 2. The second-order valence-corrected chi connectivity index (χ2v) is 7.72. The number of ether oxygens (including phenoxy) is 4. The van der Waals surface area contributed by atoms with E-state index in [9.17, 15) is 9.59 Å². The lowest BCUT2D eigenvalue weighted by atomic mass is 10.2. The van der Waals surface area contributed by atoms with E-state index in [1.165, 1.54) is 18.4 Å². The molecule has 3 rings (SSSR count). The molecule has 9 heteroatoms. The number of rotatable bonds is 6. The Morgan fingerprint density at radius 3 is 2.68 bits per heavy atom. The molecule has 1 aromatic heterocycles. The van der Waals surface area contributed by atoms with Gasteiger partial charge in [-0.25, -0.2) is 4.79 Å². The summed E-state index contributed by atoms with van der Waals surface area (Å²) in [5.41, 5.74) is 0.875. The van der Waals surface area contributed by atoms with Crippen LogP contribution in [-0.4, -0.2) is 63.9 Å². The highest BCUT2D eigenvalue weighted by molar-refractivity contribution is 9.10. The maximum absolute atomic E-state index is 13.1. The van der Waals surface area contributed by atoms with Crippen LogP contribution in [0.2, 0.25) is 0 Å². The highest BCUT2D eigenvalue weighted by atomic mass is 79.9. The molecule has 2 heterocycles. The Bertz CT molecular complexity index is 862. The van der Waals surface area contributed by atoms with E-state index in [4.69, 9.17) is 14.2 Å². The smallest absolute Gasteiger partial charge is 0.343 e. The van der Waals surface area contributed by atoms with E-state index in [2.05, 4.69) is 20.7 Å². The van der Waals surface area contributed by atoms with Gasteiger partial charge in [0.15, 0.2) is 12.4 Å². The number of esters is 1. The van der Waals surface area contributed by atoms with Crippen molar-refractivity contribution < 1.29 is 28.5 Å². The summed E-state index contributed by atoms with van der Waals surface area (Å²) in [4.78, 5) is 27.6. The average Bonchev–Trinajstić information content (AvgIpc) is 3.08. The third kappa shape index (κ3) is 4.48. The number of methoxy groups -OCH3 is 2. The van der Waals surface area contributed by atoms with Crippen LogP contribution in [0.5, 0.6) is 11.5 Å². The van der Waals surface area contributed by atoms with Gasteiger partial charge in [0.05, 0.1) is 36.8 Å². The molecule has 1 aliphatic heterocycles. The zero-order valence-electron chi connectivity index (χ0n) is 15.5. The molecule has 1 amide bonds. The van der Waals surface area contributed by atoms with Gasteiger partial charge in [0, 0.05) is 13.1 Å². The summed E-state index contributed by atoms with van der Waals surface area (Å²) in [5, 5.41) is 0. The summed E-state index contributed by atoms with van der Waals surface area (Å²) in [6.07, 6.45) is 0. The molecular formula is C19H20BrNO6S. The fourth-order valence-corrected chi connectivity index (χ4v) is 4.73. The molecule has 1 aromatic carbocycles. The molecule has 7 nitrogen and oxygen atoms in total. The quantitative estimate of drug-likeness (QED) is 0.604. The highest BCUT2D eigenvalue weighted by Gasteiger charge is 2.29. The van der Waals surface area contributed by atoms with Crippen molar-refractivity contribution in [1.82, 2.24) is 4.90 Å². The number of morpholine rings is 1. The molecule has 150 valence electrons. The topological polar surface area (TPSA) is 74.3 Å². The summed E-state index contributed by atoms with van der Waals surface area (Å²) in [6.45, 7) is 1.74. The molecule has 1 fully saturated rings. The Morgan fingerprint density at radius 2 is 2.00 bits per heavy atom. The summed E-state index contributed by atoms with van der Waals surface area (Å²) in [6, 6.07) is 7.52. The molecular weight excluding hydrogens is 450 g/mol. The third-order valence-corrected chi connectivity index (χ3v) is 6.42. The molecule has 0 saturated carbocycles. The van der Waals surface area contributed by atoms with E-state index < -0.39 is 5.97 Å². The van der Waals surface area contributed by atoms with Crippen LogP contribution in [0, 0.1) is 0 Å². The van der Waals surface area contributed by atoms with Crippen molar-refractivity contribution in [2.45, 2.75) is 0 Å². The van der Waals surface area contributed by atoms with Crippen LogP contribution >= 0.6 is 27.3 Å². The van der Waals surface area contributed by atoms with Crippen LogP contribution in [0.4, 0.5) is 0 Å². The zero-order chi connectivity index (χ0) is 20.1. The Kier molecular flexibility index (Phi) is 6.93. The minimum absolute atomic E-state index is 0.150. The van der Waals surface area contributed by atoms with E-state index in [1.807, 2.05) is 24.3 Å². The second kappa shape index (κ2) is 9.40. The van der Waals surface area contributed by atoms with Crippen LogP contribution in [0.3, 0.4) is 0 Å². The molecule has 0 atom stereocenters. The molecule has 0 spiro atoms. The molecule has 1 saturated heterocycles. The van der Waals surface area contributed by atoms with Gasteiger partial charge in [-0.15, -0.1) is 11.3 Å². The molecule has 28 heavy (non-hydrogen) atoms. The minimum atomic E-state index is -0.522. The first kappa shape index (κ1) is 20.6. The molecule has 1 aliphatic rings. The Hall–Kier alpha value is -2.10. The lowest BCUT2D eigenvalue weighted by molar-refractivity contribution is -0.142. The van der Waals surface area contributed by atoms with Gasteiger partial charge < -0.3 is 23.8 Å². The Morgan fingerprint density at radius 1 is 1.25 bits per heavy atom. The fraction of sp³-hybridized carbons (Fsp3) is 0.368. The standard InChI is InChI=1S/C19H20BrNO6S/c1-24-13-5-3-4-12(10-13)17-15(20)16(27-11-14(22)25-2)18(28-17)19(23)21-6-8-26-9-7-21/h3-5,10H,6-9,11H2,1-2H3.